The molecule has 1 saturated carbocycles. The molecule has 1 fully saturated rings. The van der Waals surface area contributed by atoms with Gasteiger partial charge in [0.2, 0.25) is 5.91 Å². The van der Waals surface area contributed by atoms with Crippen LogP contribution in [-0.2, 0) is 28.4 Å². The Kier molecular flexibility index (Phi) is 4.56. The van der Waals surface area contributed by atoms with Gasteiger partial charge in [-0.25, -0.2) is 0 Å². The molecule has 0 bridgehead atoms. The predicted molar refractivity (Wildman–Crippen MR) is 88.5 cm³/mol. The van der Waals surface area contributed by atoms with Crippen LogP contribution in [0.15, 0.2) is 29.2 Å². The van der Waals surface area contributed by atoms with E-state index in [0.717, 1.165) is 11.6 Å². The van der Waals surface area contributed by atoms with E-state index in [1.807, 2.05) is 11.6 Å². The van der Waals surface area contributed by atoms with Crippen LogP contribution in [0, 0.1) is 0 Å². The average Bonchev–Trinajstić information content (AvgIpc) is 2.79. The van der Waals surface area contributed by atoms with Crippen LogP contribution in [0.2, 0.25) is 0 Å². The fraction of sp³-hybridized carbons (Fsp3) is 0.438. The second-order valence-electron chi connectivity index (χ2n) is 5.86. The van der Waals surface area contributed by atoms with Gasteiger partial charge < -0.3 is 9.88 Å². The van der Waals surface area contributed by atoms with Gasteiger partial charge in [0.25, 0.3) is 0 Å². The summed E-state index contributed by atoms with van der Waals surface area (Å²) in [6.45, 7) is 1.46. The first-order valence-electron chi connectivity index (χ1n) is 7.69. The summed E-state index contributed by atoms with van der Waals surface area (Å²) < 4.78 is 14.5. The van der Waals surface area contributed by atoms with Gasteiger partial charge in [0, 0.05) is 30.5 Å². The molecule has 23 heavy (non-hydrogen) atoms. The lowest BCUT2D eigenvalue weighted by molar-refractivity contribution is -0.114. The smallest absolute Gasteiger partial charge is 0.221 e. The summed E-state index contributed by atoms with van der Waals surface area (Å²) in [5.74, 6) is 2.48. The quantitative estimate of drug-likeness (QED) is 0.912. The van der Waals surface area contributed by atoms with Crippen LogP contribution in [0.25, 0.3) is 0 Å². The third kappa shape index (κ3) is 3.50. The van der Waals surface area contributed by atoms with E-state index in [2.05, 4.69) is 15.5 Å². The highest BCUT2D eigenvalue weighted by atomic mass is 32.2. The molecule has 2 aromatic rings. The number of carbonyl (C=O) groups is 1. The second kappa shape index (κ2) is 6.62. The topological polar surface area (TPSA) is 76.9 Å². The number of rotatable bonds is 5. The minimum Gasteiger partial charge on any atom is -0.326 e. The summed E-state index contributed by atoms with van der Waals surface area (Å²) in [5.41, 5.74) is 0.698. The Morgan fingerprint density at radius 1 is 1.30 bits per heavy atom. The minimum absolute atomic E-state index is 0.124. The highest BCUT2D eigenvalue weighted by molar-refractivity contribution is 7.84. The lowest BCUT2D eigenvalue weighted by Crippen LogP contribution is -2.15. The first-order chi connectivity index (χ1) is 11.0. The van der Waals surface area contributed by atoms with Crippen molar-refractivity contribution in [3.05, 3.63) is 35.9 Å². The van der Waals surface area contributed by atoms with Crippen molar-refractivity contribution in [1.29, 1.82) is 0 Å². The van der Waals surface area contributed by atoms with Crippen molar-refractivity contribution < 1.29 is 9.00 Å². The molecular weight excluding hydrogens is 312 g/mol. The highest BCUT2D eigenvalue weighted by Crippen LogP contribution is 2.35. The summed E-state index contributed by atoms with van der Waals surface area (Å²) in [5, 5.41) is 11.2. The predicted octanol–water partition coefficient (Wildman–Crippen LogP) is 2.35. The van der Waals surface area contributed by atoms with E-state index in [1.165, 1.54) is 26.2 Å². The molecule has 122 valence electrons. The number of amides is 1. The van der Waals surface area contributed by atoms with E-state index in [1.54, 1.807) is 24.3 Å². The molecule has 3 rings (SSSR count). The number of nitrogens with one attached hydrogen (secondary N) is 1. The second-order valence-corrected chi connectivity index (χ2v) is 7.31. The Morgan fingerprint density at radius 3 is 2.57 bits per heavy atom. The average molecular weight is 332 g/mol. The maximum absolute atomic E-state index is 12.5. The highest BCUT2D eigenvalue weighted by Gasteiger charge is 2.25. The fourth-order valence-corrected chi connectivity index (χ4v) is 3.71. The summed E-state index contributed by atoms with van der Waals surface area (Å²) in [6, 6.07) is 7.05. The van der Waals surface area contributed by atoms with Crippen LogP contribution in [0.1, 0.15) is 43.8 Å². The van der Waals surface area contributed by atoms with Crippen LogP contribution in [0.3, 0.4) is 0 Å². The SMILES string of the molecule is CC(=O)Nc1ccc(S(=O)Cc2nnc(C3CCC3)n2C)cc1. The van der Waals surface area contributed by atoms with E-state index < -0.39 is 10.8 Å². The van der Waals surface area contributed by atoms with Crippen molar-refractivity contribution >= 4 is 22.4 Å². The van der Waals surface area contributed by atoms with Crippen LogP contribution < -0.4 is 5.32 Å². The number of nitrogens with zero attached hydrogens (tertiary/aromatic N) is 3. The maximum atomic E-state index is 12.5. The van der Waals surface area contributed by atoms with E-state index in [0.29, 0.717) is 22.3 Å². The number of carbonyl (C=O) groups excluding carboxylic acids is 1. The molecule has 7 heteroatoms. The normalized spacial score (nSPS) is 15.9. The minimum atomic E-state index is -1.19. The number of hydrogen-bond donors (Lipinski definition) is 1. The molecule has 0 spiro atoms. The molecule has 6 nitrogen and oxygen atoms in total. The van der Waals surface area contributed by atoms with Gasteiger partial charge in [0.05, 0.1) is 16.6 Å². The van der Waals surface area contributed by atoms with Crippen molar-refractivity contribution in [3.8, 4) is 0 Å². The molecule has 1 amide bonds. The molecule has 1 unspecified atom stereocenters. The Hall–Kier alpha value is -2.02. The lowest BCUT2D eigenvalue weighted by atomic mass is 9.85. The van der Waals surface area contributed by atoms with Crippen LogP contribution in [0.4, 0.5) is 5.69 Å². The van der Waals surface area contributed by atoms with E-state index in [9.17, 15) is 9.00 Å². The fourth-order valence-electron chi connectivity index (χ4n) is 2.62. The molecule has 1 heterocycles. The Bertz CT molecular complexity index is 735. The van der Waals surface area contributed by atoms with Gasteiger partial charge in [-0.2, -0.15) is 0 Å². The molecule has 0 aliphatic heterocycles. The molecule has 1 aliphatic rings. The monoisotopic (exact) mass is 332 g/mol. The van der Waals surface area contributed by atoms with Gasteiger partial charge in [-0.15, -0.1) is 10.2 Å². The zero-order valence-electron chi connectivity index (χ0n) is 13.3. The van der Waals surface area contributed by atoms with Gasteiger partial charge in [-0.1, -0.05) is 6.42 Å². The maximum Gasteiger partial charge on any atom is 0.221 e. The van der Waals surface area contributed by atoms with Gasteiger partial charge in [0.1, 0.15) is 11.6 Å². The number of benzene rings is 1. The molecule has 1 aromatic carbocycles. The Morgan fingerprint density at radius 2 is 2.00 bits per heavy atom. The molecule has 0 saturated heterocycles. The van der Waals surface area contributed by atoms with Crippen molar-refractivity contribution in [1.82, 2.24) is 14.8 Å². The van der Waals surface area contributed by atoms with E-state index in [4.69, 9.17) is 0 Å². The number of hydrogen-bond acceptors (Lipinski definition) is 4. The van der Waals surface area contributed by atoms with Gasteiger partial charge in [0.15, 0.2) is 0 Å². The third-order valence-corrected chi connectivity index (χ3v) is 5.49. The van der Waals surface area contributed by atoms with Crippen molar-refractivity contribution in [2.24, 2.45) is 7.05 Å². The van der Waals surface area contributed by atoms with E-state index in [-0.39, 0.29) is 5.91 Å². The van der Waals surface area contributed by atoms with Gasteiger partial charge in [-0.05, 0) is 37.1 Å². The van der Waals surface area contributed by atoms with Gasteiger partial charge in [-0.3, -0.25) is 9.00 Å². The summed E-state index contributed by atoms with van der Waals surface area (Å²) in [7, 11) is 0.759. The van der Waals surface area contributed by atoms with Crippen LogP contribution in [0.5, 0.6) is 0 Å². The standard InChI is InChI=1S/C16H20N4O2S/c1-11(21)17-13-6-8-14(9-7-13)23(22)10-15-18-19-16(20(15)2)12-4-3-5-12/h6-9,12H,3-5,10H2,1-2H3,(H,17,21). The Balaban J connectivity index is 1.69. The van der Waals surface area contributed by atoms with Gasteiger partial charge >= 0.3 is 0 Å². The van der Waals surface area contributed by atoms with Crippen LogP contribution >= 0.6 is 0 Å². The first-order valence-corrected chi connectivity index (χ1v) is 9.00. The molecule has 1 atom stereocenters. The zero-order valence-corrected chi connectivity index (χ0v) is 14.1. The third-order valence-electron chi connectivity index (χ3n) is 4.17. The molecule has 0 radical (unpaired) electrons. The number of aromatic nitrogens is 3. The summed E-state index contributed by atoms with van der Waals surface area (Å²) in [4.78, 5) is 11.7. The molecular formula is C16H20N4O2S. The lowest BCUT2D eigenvalue weighted by Gasteiger charge is -2.24. The Labute approximate surface area is 137 Å². The molecule has 1 N–H and O–H groups in total. The molecule has 1 aromatic heterocycles. The zero-order chi connectivity index (χ0) is 16.4. The molecule has 1 aliphatic carbocycles. The largest absolute Gasteiger partial charge is 0.326 e. The van der Waals surface area contributed by atoms with Crippen molar-refractivity contribution in [3.63, 3.8) is 0 Å². The first kappa shape index (κ1) is 15.9. The number of anilines is 1. The van der Waals surface area contributed by atoms with Crippen molar-refractivity contribution in [2.45, 2.75) is 42.8 Å². The summed E-state index contributed by atoms with van der Waals surface area (Å²) in [6.07, 6.45) is 3.58. The summed E-state index contributed by atoms with van der Waals surface area (Å²) >= 11 is 0. The van der Waals surface area contributed by atoms with E-state index >= 15 is 0 Å². The van der Waals surface area contributed by atoms with Crippen molar-refractivity contribution in [2.75, 3.05) is 5.32 Å². The van der Waals surface area contributed by atoms with Crippen LogP contribution in [-0.4, -0.2) is 24.9 Å².